The van der Waals surface area contributed by atoms with Gasteiger partial charge in [0.25, 0.3) is 0 Å². The zero-order valence-corrected chi connectivity index (χ0v) is 12.6. The topological polar surface area (TPSA) is 59.1 Å². The van der Waals surface area contributed by atoms with Crippen LogP contribution in [0.5, 0.6) is 0 Å². The Morgan fingerprint density at radius 1 is 1.30 bits per heavy atom. The SMILES string of the molecule is S=c1[nH]nc(-c2ccco2)n1/N=C\c1ccc(Br)cc1. The number of benzene rings is 1. The van der Waals surface area contributed by atoms with E-state index in [1.165, 1.54) is 4.68 Å². The van der Waals surface area contributed by atoms with E-state index in [1.807, 2.05) is 24.3 Å². The highest BCUT2D eigenvalue weighted by atomic mass is 79.9. The maximum absolute atomic E-state index is 5.31. The van der Waals surface area contributed by atoms with Gasteiger partial charge in [-0.1, -0.05) is 28.1 Å². The molecule has 0 saturated heterocycles. The van der Waals surface area contributed by atoms with Gasteiger partial charge in [0.2, 0.25) is 10.6 Å². The average Bonchev–Trinajstić information content (AvgIpc) is 3.08. The Morgan fingerprint density at radius 2 is 2.10 bits per heavy atom. The Kier molecular flexibility index (Phi) is 3.62. The summed E-state index contributed by atoms with van der Waals surface area (Å²) < 4.78 is 8.26. The Hall–Kier alpha value is -1.99. The summed E-state index contributed by atoms with van der Waals surface area (Å²) in [6.07, 6.45) is 3.29. The van der Waals surface area contributed by atoms with Crippen LogP contribution in [0.4, 0.5) is 0 Å². The van der Waals surface area contributed by atoms with Crippen LogP contribution in [0.25, 0.3) is 11.6 Å². The van der Waals surface area contributed by atoms with Gasteiger partial charge in [-0.2, -0.15) is 9.78 Å². The molecule has 0 aliphatic heterocycles. The van der Waals surface area contributed by atoms with Gasteiger partial charge in [-0.15, -0.1) is 5.10 Å². The number of rotatable bonds is 3. The smallest absolute Gasteiger partial charge is 0.219 e. The van der Waals surface area contributed by atoms with Crippen LogP contribution in [0.2, 0.25) is 0 Å². The van der Waals surface area contributed by atoms with Gasteiger partial charge in [-0.3, -0.25) is 0 Å². The molecule has 1 N–H and O–H groups in total. The van der Waals surface area contributed by atoms with E-state index in [9.17, 15) is 0 Å². The molecule has 0 radical (unpaired) electrons. The minimum Gasteiger partial charge on any atom is -0.461 e. The number of hydrogen-bond donors (Lipinski definition) is 1. The number of nitrogens with zero attached hydrogens (tertiary/aromatic N) is 3. The highest BCUT2D eigenvalue weighted by molar-refractivity contribution is 9.10. The van der Waals surface area contributed by atoms with Crippen LogP contribution < -0.4 is 0 Å². The number of nitrogens with one attached hydrogen (secondary N) is 1. The van der Waals surface area contributed by atoms with Crippen LogP contribution >= 0.6 is 28.1 Å². The molecule has 5 nitrogen and oxygen atoms in total. The number of H-pyrrole nitrogens is 1. The summed E-state index contributed by atoms with van der Waals surface area (Å²) in [5, 5.41) is 11.2. The molecule has 0 fully saturated rings. The lowest BCUT2D eigenvalue weighted by Crippen LogP contribution is -1.94. The molecule has 2 heterocycles. The molecule has 3 rings (SSSR count). The van der Waals surface area contributed by atoms with Crippen LogP contribution in [0.15, 0.2) is 56.7 Å². The molecule has 1 aromatic carbocycles. The summed E-state index contributed by atoms with van der Waals surface area (Å²) in [5.74, 6) is 1.14. The molecule has 2 aromatic heterocycles. The maximum atomic E-state index is 5.31. The van der Waals surface area contributed by atoms with E-state index in [4.69, 9.17) is 16.6 Å². The molecular weight excluding hydrogens is 340 g/mol. The molecule has 0 aliphatic rings. The third-order valence-electron chi connectivity index (χ3n) is 2.58. The van der Waals surface area contributed by atoms with Crippen molar-refractivity contribution >= 4 is 34.4 Å². The largest absolute Gasteiger partial charge is 0.461 e. The fourth-order valence-electron chi connectivity index (χ4n) is 1.64. The van der Waals surface area contributed by atoms with Crippen molar-refractivity contribution in [1.82, 2.24) is 14.9 Å². The number of halogens is 1. The number of aromatic nitrogens is 3. The van der Waals surface area contributed by atoms with Gasteiger partial charge in [0, 0.05) is 4.47 Å². The highest BCUT2D eigenvalue weighted by Gasteiger charge is 2.10. The van der Waals surface area contributed by atoms with Gasteiger partial charge in [-0.05, 0) is 42.0 Å². The van der Waals surface area contributed by atoms with E-state index in [-0.39, 0.29) is 0 Å². The Balaban J connectivity index is 1.97. The quantitative estimate of drug-likeness (QED) is 0.577. The van der Waals surface area contributed by atoms with Crippen molar-refractivity contribution in [3.05, 3.63) is 57.5 Å². The predicted molar refractivity (Wildman–Crippen MR) is 82.2 cm³/mol. The van der Waals surface area contributed by atoms with Crippen molar-refractivity contribution in [3.63, 3.8) is 0 Å². The van der Waals surface area contributed by atoms with Gasteiger partial charge in [0.05, 0.1) is 12.5 Å². The first-order valence-electron chi connectivity index (χ1n) is 5.75. The summed E-state index contributed by atoms with van der Waals surface area (Å²) in [6, 6.07) is 11.4. The van der Waals surface area contributed by atoms with E-state index in [2.05, 4.69) is 31.2 Å². The fourth-order valence-corrected chi connectivity index (χ4v) is 2.08. The van der Waals surface area contributed by atoms with Crippen molar-refractivity contribution in [2.45, 2.75) is 0 Å². The monoisotopic (exact) mass is 348 g/mol. The molecule has 7 heteroatoms. The van der Waals surface area contributed by atoms with Crippen LogP contribution in [0.1, 0.15) is 5.56 Å². The van der Waals surface area contributed by atoms with Crippen molar-refractivity contribution in [2.75, 3.05) is 0 Å². The van der Waals surface area contributed by atoms with Crippen LogP contribution in [0, 0.1) is 4.77 Å². The van der Waals surface area contributed by atoms with Crippen molar-refractivity contribution in [2.24, 2.45) is 5.10 Å². The van der Waals surface area contributed by atoms with Crippen LogP contribution in [0.3, 0.4) is 0 Å². The lowest BCUT2D eigenvalue weighted by molar-refractivity contribution is 0.573. The second-order valence-corrected chi connectivity index (χ2v) is 5.24. The third kappa shape index (κ3) is 2.63. The normalized spacial score (nSPS) is 11.2. The molecule has 3 aromatic rings. The van der Waals surface area contributed by atoms with Gasteiger partial charge in [-0.25, -0.2) is 5.10 Å². The van der Waals surface area contributed by atoms with Gasteiger partial charge < -0.3 is 4.42 Å². The second kappa shape index (κ2) is 5.56. The third-order valence-corrected chi connectivity index (χ3v) is 3.38. The molecule has 20 heavy (non-hydrogen) atoms. The van der Waals surface area contributed by atoms with Crippen LogP contribution in [-0.2, 0) is 0 Å². The standard InChI is InChI=1S/C13H9BrN4OS/c14-10-5-3-9(4-6-10)8-15-18-12(16-17-13(18)20)11-2-1-7-19-11/h1-8H,(H,17,20)/b15-8-. The zero-order chi connectivity index (χ0) is 13.9. The molecule has 0 spiro atoms. The summed E-state index contributed by atoms with van der Waals surface area (Å²) in [6.45, 7) is 0. The molecule has 0 saturated carbocycles. The zero-order valence-electron chi connectivity index (χ0n) is 10.2. The highest BCUT2D eigenvalue weighted by Crippen LogP contribution is 2.17. The first kappa shape index (κ1) is 13.0. The van der Waals surface area contributed by atoms with Crippen LogP contribution in [-0.4, -0.2) is 21.1 Å². The van der Waals surface area contributed by atoms with E-state index in [0.717, 1.165) is 10.0 Å². The van der Waals surface area contributed by atoms with E-state index in [0.29, 0.717) is 16.4 Å². The van der Waals surface area contributed by atoms with Crippen molar-refractivity contribution in [1.29, 1.82) is 0 Å². The Bertz CT molecular complexity index is 787. The molecule has 100 valence electrons. The predicted octanol–water partition coefficient (Wildman–Crippen LogP) is 3.85. The fraction of sp³-hybridized carbons (Fsp3) is 0. The molecule has 0 aliphatic carbocycles. The molecule has 0 unspecified atom stereocenters. The maximum Gasteiger partial charge on any atom is 0.219 e. The second-order valence-electron chi connectivity index (χ2n) is 3.94. The number of furan rings is 1. The summed E-state index contributed by atoms with van der Waals surface area (Å²) in [5.41, 5.74) is 0.960. The number of hydrogen-bond acceptors (Lipinski definition) is 4. The first-order chi connectivity index (χ1) is 9.74. The van der Waals surface area contributed by atoms with E-state index >= 15 is 0 Å². The van der Waals surface area contributed by atoms with Gasteiger partial charge >= 0.3 is 0 Å². The minimum atomic E-state index is 0.407. The van der Waals surface area contributed by atoms with Crippen molar-refractivity contribution in [3.8, 4) is 11.6 Å². The Labute approximate surface area is 128 Å². The molecule has 0 amide bonds. The minimum absolute atomic E-state index is 0.407. The summed E-state index contributed by atoms with van der Waals surface area (Å²) >= 11 is 8.56. The molecule has 0 bridgehead atoms. The first-order valence-corrected chi connectivity index (χ1v) is 6.95. The van der Waals surface area contributed by atoms with Gasteiger partial charge in [0.1, 0.15) is 0 Å². The van der Waals surface area contributed by atoms with Gasteiger partial charge in [0.15, 0.2) is 5.76 Å². The summed E-state index contributed by atoms with van der Waals surface area (Å²) in [4.78, 5) is 0. The lowest BCUT2D eigenvalue weighted by atomic mass is 10.2. The lowest BCUT2D eigenvalue weighted by Gasteiger charge is -1.97. The Morgan fingerprint density at radius 3 is 2.80 bits per heavy atom. The molecular formula is C13H9BrN4OS. The average molecular weight is 349 g/mol. The number of aromatic amines is 1. The molecule has 0 atom stereocenters. The van der Waals surface area contributed by atoms with E-state index < -0.39 is 0 Å². The van der Waals surface area contributed by atoms with E-state index in [1.54, 1.807) is 24.6 Å². The van der Waals surface area contributed by atoms with Crippen molar-refractivity contribution < 1.29 is 4.42 Å². The summed E-state index contributed by atoms with van der Waals surface area (Å²) in [7, 11) is 0.